The third-order valence-electron chi connectivity index (χ3n) is 2.12. The molecule has 0 saturated heterocycles. The van der Waals surface area contributed by atoms with Crippen LogP contribution in [0.4, 0.5) is 0 Å². The molecule has 16 heavy (non-hydrogen) atoms. The molecule has 82 valence electrons. The molecule has 0 atom stereocenters. The fourth-order valence-corrected chi connectivity index (χ4v) is 2.61. The molecule has 2 rings (SSSR count). The lowest BCUT2D eigenvalue weighted by Gasteiger charge is -1.97. The van der Waals surface area contributed by atoms with Gasteiger partial charge in [-0.05, 0) is 13.0 Å². The number of aryl methyl sites for hydroxylation is 1. The Labute approximate surface area is 102 Å². The van der Waals surface area contributed by atoms with Crippen molar-refractivity contribution in [2.45, 2.75) is 6.92 Å². The summed E-state index contributed by atoms with van der Waals surface area (Å²) in [7, 11) is 0. The van der Waals surface area contributed by atoms with E-state index in [1.165, 1.54) is 11.3 Å². The number of benzene rings is 1. The van der Waals surface area contributed by atoms with E-state index in [-0.39, 0.29) is 0 Å². The highest BCUT2D eigenvalue weighted by atomic mass is 35.5. The minimum atomic E-state index is -0.451. The molecule has 1 aromatic heterocycles. The Morgan fingerprint density at radius 3 is 2.69 bits per heavy atom. The van der Waals surface area contributed by atoms with E-state index in [2.05, 4.69) is 4.98 Å². The quantitative estimate of drug-likeness (QED) is 0.894. The molecule has 2 N–H and O–H groups in total. The van der Waals surface area contributed by atoms with Crippen LogP contribution in [0.15, 0.2) is 24.3 Å². The van der Waals surface area contributed by atoms with Crippen molar-refractivity contribution < 1.29 is 4.79 Å². The predicted molar refractivity (Wildman–Crippen MR) is 65.8 cm³/mol. The smallest absolute Gasteiger partial charge is 0.260 e. The van der Waals surface area contributed by atoms with Gasteiger partial charge in [-0.15, -0.1) is 11.3 Å². The van der Waals surface area contributed by atoms with Gasteiger partial charge in [-0.1, -0.05) is 29.8 Å². The lowest BCUT2D eigenvalue weighted by Crippen LogP contribution is -2.09. The minimum absolute atomic E-state index is 0.451. The summed E-state index contributed by atoms with van der Waals surface area (Å²) in [4.78, 5) is 15.9. The predicted octanol–water partition coefficient (Wildman–Crippen LogP) is 2.87. The number of amides is 1. The van der Waals surface area contributed by atoms with Crippen molar-refractivity contribution in [3.05, 3.63) is 39.9 Å². The van der Waals surface area contributed by atoms with Crippen LogP contribution in [0.2, 0.25) is 5.02 Å². The summed E-state index contributed by atoms with van der Waals surface area (Å²) in [6, 6.07) is 7.38. The average Bonchev–Trinajstić information content (AvgIpc) is 2.61. The fraction of sp³-hybridized carbons (Fsp3) is 0.0909. The van der Waals surface area contributed by atoms with Crippen molar-refractivity contribution in [2.24, 2.45) is 5.73 Å². The molecule has 0 radical (unpaired) electrons. The van der Waals surface area contributed by atoms with E-state index in [4.69, 9.17) is 17.3 Å². The van der Waals surface area contributed by atoms with E-state index in [0.717, 1.165) is 10.6 Å². The SMILES string of the molecule is Cc1nc(-c2ccccc2Cl)sc1C(N)=O. The molecule has 0 unspecified atom stereocenters. The van der Waals surface area contributed by atoms with Crippen LogP contribution in [0.3, 0.4) is 0 Å². The van der Waals surface area contributed by atoms with E-state index in [1.54, 1.807) is 13.0 Å². The van der Waals surface area contributed by atoms with E-state index in [9.17, 15) is 4.79 Å². The topological polar surface area (TPSA) is 56.0 Å². The Kier molecular flexibility index (Phi) is 2.94. The van der Waals surface area contributed by atoms with Crippen molar-refractivity contribution in [1.29, 1.82) is 0 Å². The molecule has 1 aromatic carbocycles. The van der Waals surface area contributed by atoms with Gasteiger partial charge in [0.25, 0.3) is 5.91 Å². The van der Waals surface area contributed by atoms with Gasteiger partial charge in [0.2, 0.25) is 0 Å². The number of nitrogens with two attached hydrogens (primary N) is 1. The Morgan fingerprint density at radius 1 is 1.44 bits per heavy atom. The highest BCUT2D eigenvalue weighted by Gasteiger charge is 2.14. The van der Waals surface area contributed by atoms with Crippen molar-refractivity contribution in [3.63, 3.8) is 0 Å². The second-order valence-corrected chi connectivity index (χ2v) is 4.68. The summed E-state index contributed by atoms with van der Waals surface area (Å²) in [6.45, 7) is 1.76. The summed E-state index contributed by atoms with van der Waals surface area (Å²) >= 11 is 7.32. The van der Waals surface area contributed by atoms with Gasteiger partial charge in [0, 0.05) is 5.56 Å². The summed E-state index contributed by atoms with van der Waals surface area (Å²) < 4.78 is 0. The Bertz CT molecular complexity index is 551. The average molecular weight is 253 g/mol. The van der Waals surface area contributed by atoms with Crippen molar-refractivity contribution in [3.8, 4) is 10.6 Å². The molecule has 2 aromatic rings. The standard InChI is InChI=1S/C11H9ClN2OS/c1-6-9(10(13)15)16-11(14-6)7-4-2-3-5-8(7)12/h2-5H,1H3,(H2,13,15). The van der Waals surface area contributed by atoms with E-state index in [0.29, 0.717) is 15.6 Å². The molecule has 0 fully saturated rings. The maximum atomic E-state index is 11.1. The van der Waals surface area contributed by atoms with E-state index in [1.807, 2.05) is 18.2 Å². The highest BCUT2D eigenvalue weighted by molar-refractivity contribution is 7.17. The van der Waals surface area contributed by atoms with Gasteiger partial charge >= 0.3 is 0 Å². The van der Waals surface area contributed by atoms with Gasteiger partial charge in [0.05, 0.1) is 10.7 Å². The van der Waals surface area contributed by atoms with Crippen LogP contribution in [-0.4, -0.2) is 10.9 Å². The third kappa shape index (κ3) is 1.94. The van der Waals surface area contributed by atoms with E-state index < -0.39 is 5.91 Å². The number of halogens is 1. The van der Waals surface area contributed by atoms with Crippen LogP contribution in [0.5, 0.6) is 0 Å². The number of rotatable bonds is 2. The molecular formula is C11H9ClN2OS. The van der Waals surface area contributed by atoms with Gasteiger partial charge in [-0.25, -0.2) is 4.98 Å². The lowest BCUT2D eigenvalue weighted by atomic mass is 10.2. The summed E-state index contributed by atoms with van der Waals surface area (Å²) in [5, 5.41) is 1.34. The largest absolute Gasteiger partial charge is 0.365 e. The third-order valence-corrected chi connectivity index (χ3v) is 3.66. The summed E-state index contributed by atoms with van der Waals surface area (Å²) in [6.07, 6.45) is 0. The van der Waals surface area contributed by atoms with Gasteiger partial charge in [0.1, 0.15) is 9.88 Å². The normalized spacial score (nSPS) is 10.4. The maximum absolute atomic E-state index is 11.1. The second-order valence-electron chi connectivity index (χ2n) is 3.28. The molecule has 0 aliphatic carbocycles. The first-order valence-corrected chi connectivity index (χ1v) is 5.81. The number of hydrogen-bond acceptors (Lipinski definition) is 3. The molecule has 5 heteroatoms. The number of hydrogen-bond donors (Lipinski definition) is 1. The minimum Gasteiger partial charge on any atom is -0.365 e. The zero-order chi connectivity index (χ0) is 11.7. The van der Waals surface area contributed by atoms with Crippen molar-refractivity contribution in [1.82, 2.24) is 4.98 Å². The lowest BCUT2D eigenvalue weighted by molar-refractivity contribution is 0.100. The van der Waals surface area contributed by atoms with Gasteiger partial charge in [0.15, 0.2) is 0 Å². The molecule has 1 amide bonds. The van der Waals surface area contributed by atoms with Gasteiger partial charge in [-0.3, -0.25) is 4.79 Å². The first kappa shape index (κ1) is 11.1. The van der Waals surface area contributed by atoms with Crippen LogP contribution in [-0.2, 0) is 0 Å². The first-order valence-electron chi connectivity index (χ1n) is 4.61. The summed E-state index contributed by atoms with van der Waals surface area (Å²) in [5.41, 5.74) is 6.71. The summed E-state index contributed by atoms with van der Waals surface area (Å²) in [5.74, 6) is -0.451. The molecule has 1 heterocycles. The van der Waals surface area contributed by atoms with Crippen molar-refractivity contribution in [2.75, 3.05) is 0 Å². The van der Waals surface area contributed by atoms with Crippen LogP contribution in [0.1, 0.15) is 15.4 Å². The Morgan fingerprint density at radius 2 is 2.12 bits per heavy atom. The number of aromatic nitrogens is 1. The van der Waals surface area contributed by atoms with Crippen LogP contribution in [0, 0.1) is 6.92 Å². The zero-order valence-electron chi connectivity index (χ0n) is 8.53. The molecule has 0 bridgehead atoms. The molecule has 0 aliphatic heterocycles. The maximum Gasteiger partial charge on any atom is 0.260 e. The fourth-order valence-electron chi connectivity index (χ4n) is 1.37. The molecule has 0 saturated carbocycles. The second kappa shape index (κ2) is 4.23. The number of nitrogens with zero attached hydrogens (tertiary/aromatic N) is 1. The van der Waals surface area contributed by atoms with Gasteiger partial charge < -0.3 is 5.73 Å². The van der Waals surface area contributed by atoms with E-state index >= 15 is 0 Å². The van der Waals surface area contributed by atoms with Crippen LogP contribution < -0.4 is 5.73 Å². The number of primary amides is 1. The monoisotopic (exact) mass is 252 g/mol. The Balaban J connectivity index is 2.54. The van der Waals surface area contributed by atoms with Crippen LogP contribution >= 0.6 is 22.9 Å². The zero-order valence-corrected chi connectivity index (χ0v) is 10.1. The molecular weight excluding hydrogens is 244 g/mol. The number of carbonyl (C=O) groups is 1. The number of carbonyl (C=O) groups excluding carboxylic acids is 1. The first-order chi connectivity index (χ1) is 7.59. The molecule has 0 spiro atoms. The van der Waals surface area contributed by atoms with Crippen molar-refractivity contribution >= 4 is 28.8 Å². The van der Waals surface area contributed by atoms with Crippen LogP contribution in [0.25, 0.3) is 10.6 Å². The number of thiazole rings is 1. The van der Waals surface area contributed by atoms with Gasteiger partial charge in [-0.2, -0.15) is 0 Å². The Hall–Kier alpha value is -1.39. The molecule has 0 aliphatic rings. The molecule has 3 nitrogen and oxygen atoms in total. The highest BCUT2D eigenvalue weighted by Crippen LogP contribution is 2.32.